The van der Waals surface area contributed by atoms with E-state index in [-0.39, 0.29) is 12.4 Å². The van der Waals surface area contributed by atoms with Crippen LogP contribution in [0.2, 0.25) is 0 Å². The van der Waals surface area contributed by atoms with Crippen LogP contribution >= 0.6 is 0 Å². The van der Waals surface area contributed by atoms with Gasteiger partial charge in [0.2, 0.25) is 0 Å². The minimum atomic E-state index is -0.953. The fourth-order valence-electron chi connectivity index (χ4n) is 1.19. The Bertz CT molecular complexity index is 215. The maximum absolute atomic E-state index is 11.2. The van der Waals surface area contributed by atoms with Crippen molar-refractivity contribution in [2.24, 2.45) is 0 Å². The maximum Gasteiger partial charge on any atom is 0.307 e. The van der Waals surface area contributed by atoms with Crippen molar-refractivity contribution in [1.29, 1.82) is 0 Å². The predicted octanol–water partition coefficient (Wildman–Crippen LogP) is 0.735. The van der Waals surface area contributed by atoms with Crippen LogP contribution < -0.4 is 0 Å². The monoisotopic (exact) mass is 217 g/mol. The molecule has 0 radical (unpaired) electrons. The van der Waals surface area contributed by atoms with Gasteiger partial charge in [-0.1, -0.05) is 6.92 Å². The molecule has 0 bridgehead atoms. The molecule has 0 saturated heterocycles. The zero-order valence-electron chi connectivity index (χ0n) is 9.52. The van der Waals surface area contributed by atoms with E-state index in [1.54, 1.807) is 4.90 Å². The zero-order valence-corrected chi connectivity index (χ0v) is 9.52. The molecular weight excluding hydrogens is 198 g/mol. The van der Waals surface area contributed by atoms with Crippen LogP contribution in [0, 0.1) is 0 Å². The molecule has 0 saturated carbocycles. The van der Waals surface area contributed by atoms with Crippen LogP contribution in [0.3, 0.4) is 0 Å². The van der Waals surface area contributed by atoms with Crippen LogP contribution in [0.4, 0.5) is 0 Å². The molecule has 0 aromatic rings. The molecule has 1 atom stereocenters. The number of aliphatic carboxylic acids is 1. The molecule has 0 aliphatic heterocycles. The Hall–Kier alpha value is -1.10. The van der Waals surface area contributed by atoms with E-state index in [9.17, 15) is 9.59 Å². The van der Waals surface area contributed by atoms with Gasteiger partial charge in [0, 0.05) is 13.0 Å². The van der Waals surface area contributed by atoms with Gasteiger partial charge in [-0.25, -0.2) is 0 Å². The summed E-state index contributed by atoms with van der Waals surface area (Å²) in [5.41, 5.74) is 0. The summed E-state index contributed by atoms with van der Waals surface area (Å²) in [5, 5.41) is 8.63. The lowest BCUT2D eigenvalue weighted by atomic mass is 10.2. The molecule has 0 rings (SSSR count). The minimum Gasteiger partial charge on any atom is -0.481 e. The van der Waals surface area contributed by atoms with Crippen molar-refractivity contribution >= 4 is 11.9 Å². The van der Waals surface area contributed by atoms with Crippen molar-refractivity contribution in [2.75, 3.05) is 20.6 Å². The highest BCUT2D eigenvalue weighted by atomic mass is 16.5. The van der Waals surface area contributed by atoms with Crippen molar-refractivity contribution in [3.8, 4) is 0 Å². The van der Waals surface area contributed by atoms with E-state index in [0.717, 1.165) is 0 Å². The van der Waals surface area contributed by atoms with Gasteiger partial charge in [-0.05, 0) is 20.5 Å². The molecule has 0 aliphatic carbocycles. The Labute approximate surface area is 90.0 Å². The first kappa shape index (κ1) is 13.9. The molecule has 5 nitrogen and oxygen atoms in total. The topological polar surface area (TPSA) is 66.8 Å². The van der Waals surface area contributed by atoms with E-state index in [1.165, 1.54) is 0 Å². The van der Waals surface area contributed by atoms with E-state index < -0.39 is 12.1 Å². The molecule has 0 spiro atoms. The van der Waals surface area contributed by atoms with Gasteiger partial charge in [0.15, 0.2) is 0 Å². The lowest BCUT2D eigenvalue weighted by molar-refractivity contribution is -0.153. The third-order valence-electron chi connectivity index (χ3n) is 1.72. The summed E-state index contributed by atoms with van der Waals surface area (Å²) in [6, 6.07) is 0. The van der Waals surface area contributed by atoms with Gasteiger partial charge in [0.25, 0.3) is 0 Å². The number of ether oxygens (including phenoxy) is 1. The largest absolute Gasteiger partial charge is 0.481 e. The molecule has 0 fully saturated rings. The van der Waals surface area contributed by atoms with Crippen molar-refractivity contribution in [1.82, 2.24) is 4.90 Å². The van der Waals surface area contributed by atoms with E-state index in [0.29, 0.717) is 19.4 Å². The Balaban J connectivity index is 4.11. The van der Waals surface area contributed by atoms with Crippen molar-refractivity contribution in [2.45, 2.75) is 32.3 Å². The first-order chi connectivity index (χ1) is 6.95. The van der Waals surface area contributed by atoms with Crippen LogP contribution in [0.25, 0.3) is 0 Å². The summed E-state index contributed by atoms with van der Waals surface area (Å²) in [7, 11) is 3.62. The first-order valence-electron chi connectivity index (χ1n) is 5.01. The second-order valence-electron chi connectivity index (χ2n) is 3.72. The molecule has 0 heterocycles. The van der Waals surface area contributed by atoms with E-state index >= 15 is 0 Å². The number of carbonyl (C=O) groups excluding carboxylic acids is 1. The summed E-state index contributed by atoms with van der Waals surface area (Å²) < 4.78 is 5.05. The molecule has 1 N–H and O–H groups in total. The fraction of sp³-hybridized carbons (Fsp3) is 0.800. The fourth-order valence-corrected chi connectivity index (χ4v) is 1.19. The maximum atomic E-state index is 11.2. The third kappa shape index (κ3) is 7.93. The molecule has 5 heteroatoms. The number of esters is 1. The lowest BCUT2D eigenvalue weighted by Gasteiger charge is -2.19. The number of hydrogen-bond acceptors (Lipinski definition) is 4. The normalized spacial score (nSPS) is 12.5. The van der Waals surface area contributed by atoms with Crippen molar-refractivity contribution in [3.63, 3.8) is 0 Å². The van der Waals surface area contributed by atoms with E-state index in [1.807, 2.05) is 21.0 Å². The molecule has 1 unspecified atom stereocenters. The van der Waals surface area contributed by atoms with E-state index in [2.05, 4.69) is 0 Å². The Kier molecular flexibility index (Phi) is 6.70. The quantitative estimate of drug-likeness (QED) is 0.637. The average Bonchev–Trinajstić information content (AvgIpc) is 2.00. The van der Waals surface area contributed by atoms with Gasteiger partial charge in [-0.2, -0.15) is 0 Å². The third-order valence-corrected chi connectivity index (χ3v) is 1.72. The van der Waals surface area contributed by atoms with Crippen molar-refractivity contribution in [3.05, 3.63) is 0 Å². The van der Waals surface area contributed by atoms with Gasteiger partial charge < -0.3 is 14.7 Å². The summed E-state index contributed by atoms with van der Waals surface area (Å²) in [5.74, 6) is -1.28. The summed E-state index contributed by atoms with van der Waals surface area (Å²) in [6.07, 6.45) is 0.342. The Morgan fingerprint density at radius 1 is 1.40 bits per heavy atom. The Morgan fingerprint density at radius 3 is 2.40 bits per heavy atom. The standard InChI is InChI=1S/C10H19NO4/c1-4-5-10(14)15-8(6-9(12)13)7-11(2)3/h8H,4-7H2,1-3H3,(H,12,13). The van der Waals surface area contributed by atoms with Crippen LogP contribution in [-0.2, 0) is 14.3 Å². The Morgan fingerprint density at radius 2 is 2.00 bits per heavy atom. The molecule has 0 aromatic heterocycles. The highest BCUT2D eigenvalue weighted by molar-refractivity contribution is 5.71. The summed E-state index contributed by atoms with van der Waals surface area (Å²) in [6.45, 7) is 2.31. The smallest absolute Gasteiger partial charge is 0.307 e. The average molecular weight is 217 g/mol. The summed E-state index contributed by atoms with van der Waals surface area (Å²) in [4.78, 5) is 23.5. The lowest BCUT2D eigenvalue weighted by Crippen LogP contribution is -2.32. The number of carboxylic acids is 1. The van der Waals surface area contributed by atoms with Gasteiger partial charge >= 0.3 is 11.9 Å². The zero-order chi connectivity index (χ0) is 11.8. The number of nitrogens with zero attached hydrogens (tertiary/aromatic N) is 1. The van der Waals surface area contributed by atoms with Gasteiger partial charge in [0.05, 0.1) is 6.42 Å². The predicted molar refractivity (Wildman–Crippen MR) is 55.6 cm³/mol. The first-order valence-corrected chi connectivity index (χ1v) is 5.01. The van der Waals surface area contributed by atoms with Gasteiger partial charge in [-0.15, -0.1) is 0 Å². The van der Waals surface area contributed by atoms with Gasteiger partial charge in [-0.3, -0.25) is 9.59 Å². The molecule has 0 aliphatic rings. The van der Waals surface area contributed by atoms with E-state index in [4.69, 9.17) is 9.84 Å². The van der Waals surface area contributed by atoms with Crippen LogP contribution in [0.5, 0.6) is 0 Å². The van der Waals surface area contributed by atoms with Crippen LogP contribution in [0.1, 0.15) is 26.2 Å². The number of hydrogen-bond donors (Lipinski definition) is 1. The molecule has 0 aromatic carbocycles. The highest BCUT2D eigenvalue weighted by Crippen LogP contribution is 2.03. The SMILES string of the molecule is CCCC(=O)OC(CC(=O)O)CN(C)C. The van der Waals surface area contributed by atoms with Crippen molar-refractivity contribution < 1.29 is 19.4 Å². The second kappa shape index (κ2) is 7.23. The van der Waals surface area contributed by atoms with Crippen LogP contribution in [0.15, 0.2) is 0 Å². The number of likely N-dealkylation sites (N-methyl/N-ethyl adjacent to an activating group) is 1. The molecule has 88 valence electrons. The van der Waals surface area contributed by atoms with Crippen LogP contribution in [-0.4, -0.2) is 48.7 Å². The number of carbonyl (C=O) groups is 2. The molecular formula is C10H19NO4. The second-order valence-corrected chi connectivity index (χ2v) is 3.72. The van der Waals surface area contributed by atoms with Gasteiger partial charge in [0.1, 0.15) is 6.10 Å². The number of carboxylic acid groups (broad SMARTS) is 1. The number of rotatable bonds is 7. The minimum absolute atomic E-state index is 0.145. The molecule has 0 amide bonds. The highest BCUT2D eigenvalue weighted by Gasteiger charge is 2.18. The molecule has 15 heavy (non-hydrogen) atoms. The summed E-state index contributed by atoms with van der Waals surface area (Å²) >= 11 is 0.